The van der Waals surface area contributed by atoms with Crippen molar-refractivity contribution in [1.29, 1.82) is 0 Å². The standard InChI is InChI=1S/C17H21NO4/c1-22-14-8-5-13(6-9-14)7-10-15(19)18-17(16(20)21)11-3-2-4-12-17/h5-10H,2-4,11-12H2,1H3,(H,18,19)(H,20,21)/b10-7+. The lowest BCUT2D eigenvalue weighted by atomic mass is 9.81. The Balaban J connectivity index is 2.01. The van der Waals surface area contributed by atoms with E-state index in [9.17, 15) is 14.7 Å². The second kappa shape index (κ2) is 7.11. The van der Waals surface area contributed by atoms with E-state index in [-0.39, 0.29) is 5.91 Å². The highest BCUT2D eigenvalue weighted by molar-refractivity contribution is 5.95. The molecule has 1 saturated carbocycles. The summed E-state index contributed by atoms with van der Waals surface area (Å²) in [6.07, 6.45) is 6.69. The van der Waals surface area contributed by atoms with Gasteiger partial charge in [0.2, 0.25) is 5.91 Å². The van der Waals surface area contributed by atoms with Gasteiger partial charge in [-0.25, -0.2) is 4.79 Å². The molecular weight excluding hydrogens is 282 g/mol. The van der Waals surface area contributed by atoms with Crippen LogP contribution >= 0.6 is 0 Å². The van der Waals surface area contributed by atoms with Crippen molar-refractivity contribution in [3.63, 3.8) is 0 Å². The Kier molecular flexibility index (Phi) is 5.20. The monoisotopic (exact) mass is 303 g/mol. The maximum Gasteiger partial charge on any atom is 0.329 e. The lowest BCUT2D eigenvalue weighted by Gasteiger charge is -2.33. The number of methoxy groups -OCH3 is 1. The Morgan fingerprint density at radius 2 is 1.82 bits per heavy atom. The zero-order chi connectivity index (χ0) is 16.0. The third kappa shape index (κ3) is 3.87. The molecule has 5 nitrogen and oxygen atoms in total. The molecule has 118 valence electrons. The van der Waals surface area contributed by atoms with E-state index in [4.69, 9.17) is 4.74 Å². The summed E-state index contributed by atoms with van der Waals surface area (Å²) in [5, 5.41) is 12.1. The molecule has 0 saturated heterocycles. The van der Waals surface area contributed by atoms with Crippen LogP contribution in [0, 0.1) is 0 Å². The first kappa shape index (κ1) is 16.1. The normalized spacial score (nSPS) is 17.1. The van der Waals surface area contributed by atoms with Gasteiger partial charge in [0, 0.05) is 6.08 Å². The summed E-state index contributed by atoms with van der Waals surface area (Å²) in [6.45, 7) is 0. The minimum Gasteiger partial charge on any atom is -0.497 e. The average Bonchev–Trinajstić information content (AvgIpc) is 2.54. The first-order chi connectivity index (χ1) is 10.6. The van der Waals surface area contributed by atoms with E-state index in [0.29, 0.717) is 12.8 Å². The Bertz CT molecular complexity index is 557. The van der Waals surface area contributed by atoms with Gasteiger partial charge in [-0.1, -0.05) is 31.4 Å². The second-order valence-electron chi connectivity index (χ2n) is 5.54. The molecule has 0 spiro atoms. The number of ether oxygens (including phenoxy) is 1. The zero-order valence-electron chi connectivity index (χ0n) is 12.7. The van der Waals surface area contributed by atoms with Gasteiger partial charge in [-0.15, -0.1) is 0 Å². The van der Waals surface area contributed by atoms with Gasteiger partial charge in [0.05, 0.1) is 7.11 Å². The first-order valence-corrected chi connectivity index (χ1v) is 7.43. The summed E-state index contributed by atoms with van der Waals surface area (Å²) < 4.78 is 5.07. The molecule has 0 unspecified atom stereocenters. The predicted octanol–water partition coefficient (Wildman–Crippen LogP) is 2.61. The summed E-state index contributed by atoms with van der Waals surface area (Å²) in [7, 11) is 1.59. The molecule has 0 aromatic heterocycles. The van der Waals surface area contributed by atoms with Gasteiger partial charge >= 0.3 is 5.97 Å². The SMILES string of the molecule is COc1ccc(/C=C/C(=O)NC2(C(=O)O)CCCCC2)cc1. The molecule has 1 fully saturated rings. The molecule has 2 N–H and O–H groups in total. The molecule has 5 heteroatoms. The van der Waals surface area contributed by atoms with Crippen LogP contribution in [0.2, 0.25) is 0 Å². The predicted molar refractivity (Wildman–Crippen MR) is 83.6 cm³/mol. The van der Waals surface area contributed by atoms with Crippen LogP contribution in [0.5, 0.6) is 5.75 Å². The van der Waals surface area contributed by atoms with Crippen LogP contribution in [-0.4, -0.2) is 29.6 Å². The highest BCUT2D eigenvalue weighted by Gasteiger charge is 2.40. The number of aliphatic carboxylic acids is 1. The van der Waals surface area contributed by atoms with Crippen LogP contribution in [0.25, 0.3) is 6.08 Å². The quantitative estimate of drug-likeness (QED) is 0.820. The lowest BCUT2D eigenvalue weighted by Crippen LogP contribution is -2.55. The van der Waals surface area contributed by atoms with E-state index in [1.54, 1.807) is 25.3 Å². The summed E-state index contributed by atoms with van der Waals surface area (Å²) in [5.74, 6) is -0.577. The molecule has 0 atom stereocenters. The van der Waals surface area contributed by atoms with Crippen molar-refractivity contribution in [3.05, 3.63) is 35.9 Å². The number of carboxylic acid groups (broad SMARTS) is 1. The summed E-state index contributed by atoms with van der Waals surface area (Å²) >= 11 is 0. The molecule has 1 aromatic rings. The number of benzene rings is 1. The third-order valence-corrected chi connectivity index (χ3v) is 4.02. The third-order valence-electron chi connectivity index (χ3n) is 4.02. The number of carbonyl (C=O) groups is 2. The Morgan fingerprint density at radius 1 is 1.18 bits per heavy atom. The summed E-state index contributed by atoms with van der Waals surface area (Å²) in [6, 6.07) is 7.27. The number of rotatable bonds is 5. The van der Waals surface area contributed by atoms with Crippen LogP contribution in [0.15, 0.2) is 30.3 Å². The molecule has 0 aliphatic heterocycles. The van der Waals surface area contributed by atoms with Gasteiger partial charge in [-0.05, 0) is 36.6 Å². The largest absolute Gasteiger partial charge is 0.497 e. The van der Waals surface area contributed by atoms with Gasteiger partial charge in [-0.2, -0.15) is 0 Å². The fourth-order valence-electron chi connectivity index (χ4n) is 2.71. The van der Waals surface area contributed by atoms with E-state index < -0.39 is 11.5 Å². The zero-order valence-corrected chi connectivity index (χ0v) is 12.7. The molecule has 0 heterocycles. The maximum absolute atomic E-state index is 12.0. The highest BCUT2D eigenvalue weighted by Crippen LogP contribution is 2.28. The van der Waals surface area contributed by atoms with Gasteiger partial charge in [0.25, 0.3) is 0 Å². The first-order valence-electron chi connectivity index (χ1n) is 7.43. The average molecular weight is 303 g/mol. The molecule has 22 heavy (non-hydrogen) atoms. The van der Waals surface area contributed by atoms with Crippen LogP contribution in [0.1, 0.15) is 37.7 Å². The van der Waals surface area contributed by atoms with Crippen LogP contribution < -0.4 is 10.1 Å². The van der Waals surface area contributed by atoms with Crippen molar-refractivity contribution in [2.24, 2.45) is 0 Å². The lowest BCUT2D eigenvalue weighted by molar-refractivity contribution is -0.148. The smallest absolute Gasteiger partial charge is 0.329 e. The van der Waals surface area contributed by atoms with E-state index in [1.165, 1.54) is 6.08 Å². The molecule has 0 bridgehead atoms. The van der Waals surface area contributed by atoms with E-state index in [0.717, 1.165) is 30.6 Å². The van der Waals surface area contributed by atoms with Crippen LogP contribution in [0.4, 0.5) is 0 Å². The van der Waals surface area contributed by atoms with Crippen LogP contribution in [0.3, 0.4) is 0 Å². The van der Waals surface area contributed by atoms with Crippen molar-refractivity contribution in [1.82, 2.24) is 5.32 Å². The molecule has 1 aliphatic rings. The molecule has 1 aliphatic carbocycles. The number of carboxylic acids is 1. The molecule has 1 amide bonds. The van der Waals surface area contributed by atoms with Crippen molar-refractivity contribution < 1.29 is 19.4 Å². The fourth-order valence-corrected chi connectivity index (χ4v) is 2.71. The minimum absolute atomic E-state index is 0.375. The molecule has 2 rings (SSSR count). The van der Waals surface area contributed by atoms with Gasteiger partial charge in [0.1, 0.15) is 11.3 Å². The highest BCUT2D eigenvalue weighted by atomic mass is 16.5. The molecular formula is C17H21NO4. The number of hydrogen-bond acceptors (Lipinski definition) is 3. The summed E-state index contributed by atoms with van der Waals surface area (Å²) in [5.41, 5.74) is -0.261. The van der Waals surface area contributed by atoms with E-state index in [2.05, 4.69) is 5.32 Å². The van der Waals surface area contributed by atoms with E-state index in [1.807, 2.05) is 12.1 Å². The second-order valence-corrected chi connectivity index (χ2v) is 5.54. The van der Waals surface area contributed by atoms with E-state index >= 15 is 0 Å². The molecule has 0 radical (unpaired) electrons. The number of carbonyl (C=O) groups excluding carboxylic acids is 1. The summed E-state index contributed by atoms with van der Waals surface area (Å²) in [4.78, 5) is 23.5. The van der Waals surface area contributed by atoms with Gasteiger partial charge in [0.15, 0.2) is 0 Å². The van der Waals surface area contributed by atoms with Gasteiger partial charge < -0.3 is 15.2 Å². The topological polar surface area (TPSA) is 75.6 Å². The Hall–Kier alpha value is -2.30. The fraction of sp³-hybridized carbons (Fsp3) is 0.412. The van der Waals surface area contributed by atoms with Crippen molar-refractivity contribution in [2.45, 2.75) is 37.6 Å². The Labute approximate surface area is 130 Å². The van der Waals surface area contributed by atoms with Crippen molar-refractivity contribution in [3.8, 4) is 5.75 Å². The van der Waals surface area contributed by atoms with Crippen molar-refractivity contribution in [2.75, 3.05) is 7.11 Å². The Morgan fingerprint density at radius 3 is 2.36 bits per heavy atom. The van der Waals surface area contributed by atoms with Gasteiger partial charge in [-0.3, -0.25) is 4.79 Å². The number of nitrogens with one attached hydrogen (secondary N) is 1. The molecule has 1 aromatic carbocycles. The number of hydrogen-bond donors (Lipinski definition) is 2. The minimum atomic E-state index is -1.11. The maximum atomic E-state index is 12.0. The van der Waals surface area contributed by atoms with Crippen molar-refractivity contribution >= 4 is 18.0 Å². The number of amides is 1. The van der Waals surface area contributed by atoms with Crippen LogP contribution in [-0.2, 0) is 9.59 Å².